The zero-order valence-electron chi connectivity index (χ0n) is 17.9. The van der Waals surface area contributed by atoms with Crippen LogP contribution in [0.15, 0.2) is 101 Å². The van der Waals surface area contributed by atoms with E-state index in [0.29, 0.717) is 10.9 Å². The number of nitrogens with zero attached hydrogens (tertiary/aromatic N) is 1. The van der Waals surface area contributed by atoms with E-state index in [-0.39, 0.29) is 5.91 Å². The van der Waals surface area contributed by atoms with E-state index in [1.807, 2.05) is 36.4 Å². The van der Waals surface area contributed by atoms with Gasteiger partial charge in [-0.3, -0.25) is 19.1 Å². The molecule has 5 rings (SSSR count). The van der Waals surface area contributed by atoms with Crippen LogP contribution in [0, 0.1) is 0 Å². The van der Waals surface area contributed by atoms with E-state index in [1.165, 1.54) is 11.5 Å². The van der Waals surface area contributed by atoms with Gasteiger partial charge in [-0.1, -0.05) is 66.7 Å². The minimum absolute atomic E-state index is 0.293. The van der Waals surface area contributed by atoms with Crippen LogP contribution in [0.2, 0.25) is 0 Å². The lowest BCUT2D eigenvalue weighted by Gasteiger charge is -2.23. The minimum Gasteiger partial charge on any atom is -0.332 e. The first kappa shape index (κ1) is 20.5. The summed E-state index contributed by atoms with van der Waals surface area (Å²) in [5.41, 5.74) is 2.09. The number of H-pyrrole nitrogens is 1. The second-order valence-corrected chi connectivity index (χ2v) is 7.94. The summed E-state index contributed by atoms with van der Waals surface area (Å²) in [6, 6.07) is 28.9. The Morgan fingerprint density at radius 1 is 0.818 bits per heavy atom. The summed E-state index contributed by atoms with van der Waals surface area (Å²) in [7, 11) is 0. The molecule has 1 heterocycles. The van der Waals surface area contributed by atoms with Crippen LogP contribution in [0.4, 0.5) is 0 Å². The molecule has 0 saturated carbocycles. The molecule has 0 aliphatic rings. The van der Waals surface area contributed by atoms with Gasteiger partial charge in [-0.2, -0.15) is 0 Å². The summed E-state index contributed by atoms with van der Waals surface area (Å²) in [6.07, 6.45) is -0.794. The van der Waals surface area contributed by atoms with E-state index in [0.717, 1.165) is 27.5 Å². The van der Waals surface area contributed by atoms with Crippen LogP contribution < -0.4 is 16.6 Å². The molecule has 6 heteroatoms. The molecule has 0 aliphatic carbocycles. The highest BCUT2D eigenvalue weighted by Gasteiger charge is 2.20. The number of amides is 1. The van der Waals surface area contributed by atoms with Crippen molar-refractivity contribution in [2.75, 3.05) is 0 Å². The smallest absolute Gasteiger partial charge is 0.330 e. The van der Waals surface area contributed by atoms with E-state index < -0.39 is 17.4 Å². The molecule has 0 fully saturated rings. The second-order valence-electron chi connectivity index (χ2n) is 7.94. The zero-order chi connectivity index (χ0) is 22.9. The van der Waals surface area contributed by atoms with Gasteiger partial charge in [-0.25, -0.2) is 4.79 Å². The lowest BCUT2D eigenvalue weighted by molar-refractivity contribution is -0.119. The molecule has 0 saturated heterocycles. The van der Waals surface area contributed by atoms with Gasteiger partial charge in [0.1, 0.15) is 6.17 Å². The van der Waals surface area contributed by atoms with Crippen LogP contribution in [0.3, 0.4) is 0 Å². The van der Waals surface area contributed by atoms with Crippen LogP contribution in [-0.4, -0.2) is 15.5 Å². The predicted octanol–water partition coefficient (Wildman–Crippen LogP) is 4.19. The summed E-state index contributed by atoms with van der Waals surface area (Å²) in [5.74, 6) is -0.293. The summed E-state index contributed by atoms with van der Waals surface area (Å²) in [6.45, 7) is 1.40. The highest BCUT2D eigenvalue weighted by Crippen LogP contribution is 2.28. The molecule has 2 N–H and O–H groups in total. The lowest BCUT2D eigenvalue weighted by Crippen LogP contribution is -2.40. The minimum atomic E-state index is -0.794. The van der Waals surface area contributed by atoms with Crippen molar-refractivity contribution in [3.63, 3.8) is 0 Å². The Kier molecular flexibility index (Phi) is 5.11. The van der Waals surface area contributed by atoms with Crippen molar-refractivity contribution in [3.05, 3.63) is 117 Å². The number of carbonyl (C=O) groups excluding carboxylic acids is 1. The van der Waals surface area contributed by atoms with E-state index in [4.69, 9.17) is 0 Å². The molecular weight excluding hydrogens is 414 g/mol. The van der Waals surface area contributed by atoms with Gasteiger partial charge >= 0.3 is 5.69 Å². The molecule has 5 aromatic rings. The molecule has 162 valence electrons. The largest absolute Gasteiger partial charge is 0.332 e. The Hall–Kier alpha value is -4.45. The van der Waals surface area contributed by atoms with E-state index in [1.54, 1.807) is 24.3 Å². The highest BCUT2D eigenvalue weighted by atomic mass is 16.2. The predicted molar refractivity (Wildman–Crippen MR) is 130 cm³/mol. The number of aromatic nitrogens is 2. The number of carbonyl (C=O) groups is 1. The Bertz CT molecular complexity index is 1630. The first-order valence-electron chi connectivity index (χ1n) is 10.6. The third kappa shape index (κ3) is 3.83. The number of aromatic amines is 1. The average molecular weight is 435 g/mol. The Balaban J connectivity index is 1.69. The highest BCUT2D eigenvalue weighted by molar-refractivity contribution is 5.87. The Labute approximate surface area is 189 Å². The summed E-state index contributed by atoms with van der Waals surface area (Å²) < 4.78 is 1.41. The van der Waals surface area contributed by atoms with Crippen molar-refractivity contribution in [2.24, 2.45) is 0 Å². The average Bonchev–Trinajstić information content (AvgIpc) is 2.83. The normalized spacial score (nSPS) is 12.0. The van der Waals surface area contributed by atoms with Gasteiger partial charge in [-0.15, -0.1) is 0 Å². The molecule has 33 heavy (non-hydrogen) atoms. The molecule has 6 nitrogen and oxygen atoms in total. The van der Waals surface area contributed by atoms with Gasteiger partial charge < -0.3 is 5.32 Å². The maximum Gasteiger partial charge on any atom is 0.330 e. The number of para-hydroxylation sites is 1. The number of hydrogen-bond donors (Lipinski definition) is 2. The van der Waals surface area contributed by atoms with Crippen molar-refractivity contribution in [2.45, 2.75) is 13.1 Å². The number of hydrogen-bond acceptors (Lipinski definition) is 3. The SMILES string of the molecule is CC(=O)NC(c1cccc(-c2ccc3ccccc3c2)c1)n1c(=O)[nH]c(=O)c2ccccc21. The van der Waals surface area contributed by atoms with Crippen molar-refractivity contribution in [3.8, 4) is 11.1 Å². The fraction of sp³-hybridized carbons (Fsp3) is 0.0741. The van der Waals surface area contributed by atoms with Gasteiger partial charge in [0, 0.05) is 6.92 Å². The molecule has 0 aliphatic heterocycles. The van der Waals surface area contributed by atoms with Crippen LogP contribution in [-0.2, 0) is 4.79 Å². The standard InChI is InChI=1S/C27H21N3O3/c1-17(31)28-25(30-24-12-5-4-11-23(24)26(32)29-27(30)33)22-10-6-9-20(16-22)21-14-13-18-7-2-3-8-19(18)15-21/h2-16,25H,1H3,(H,28,31)(H,29,32,33). The van der Waals surface area contributed by atoms with Gasteiger partial charge in [0.25, 0.3) is 5.56 Å². The molecule has 0 radical (unpaired) electrons. The Morgan fingerprint density at radius 3 is 2.36 bits per heavy atom. The second kappa shape index (κ2) is 8.24. The molecule has 1 unspecified atom stereocenters. The van der Waals surface area contributed by atoms with Gasteiger partial charge in [0.15, 0.2) is 0 Å². The van der Waals surface area contributed by atoms with Crippen LogP contribution in [0.25, 0.3) is 32.8 Å². The monoisotopic (exact) mass is 435 g/mol. The Morgan fingerprint density at radius 2 is 1.55 bits per heavy atom. The third-order valence-corrected chi connectivity index (χ3v) is 5.73. The van der Waals surface area contributed by atoms with E-state index in [2.05, 4.69) is 40.6 Å². The number of fused-ring (bicyclic) bond motifs is 2. The quantitative estimate of drug-likeness (QED) is 0.444. The van der Waals surface area contributed by atoms with E-state index >= 15 is 0 Å². The van der Waals surface area contributed by atoms with Crippen LogP contribution >= 0.6 is 0 Å². The molecule has 1 aromatic heterocycles. The lowest BCUT2D eigenvalue weighted by atomic mass is 9.99. The molecule has 0 bridgehead atoms. The summed E-state index contributed by atoms with van der Waals surface area (Å²) in [5, 5.41) is 5.53. The first-order chi connectivity index (χ1) is 16.0. The first-order valence-corrected chi connectivity index (χ1v) is 10.6. The maximum absolute atomic E-state index is 12.9. The molecule has 0 spiro atoms. The van der Waals surface area contributed by atoms with Crippen molar-refractivity contribution < 1.29 is 4.79 Å². The molecule has 1 amide bonds. The molecule has 4 aromatic carbocycles. The van der Waals surface area contributed by atoms with Crippen molar-refractivity contribution >= 4 is 27.6 Å². The zero-order valence-corrected chi connectivity index (χ0v) is 17.9. The summed E-state index contributed by atoms with van der Waals surface area (Å²) in [4.78, 5) is 39.7. The van der Waals surface area contributed by atoms with Crippen molar-refractivity contribution in [1.82, 2.24) is 14.9 Å². The van der Waals surface area contributed by atoms with Gasteiger partial charge in [0.05, 0.1) is 10.9 Å². The molecular formula is C27H21N3O3. The number of benzene rings is 4. The van der Waals surface area contributed by atoms with Gasteiger partial charge in [0.2, 0.25) is 5.91 Å². The van der Waals surface area contributed by atoms with Crippen LogP contribution in [0.5, 0.6) is 0 Å². The topological polar surface area (TPSA) is 84.0 Å². The van der Waals surface area contributed by atoms with Crippen LogP contribution in [0.1, 0.15) is 18.7 Å². The maximum atomic E-state index is 12.9. The molecule has 1 atom stereocenters. The number of rotatable bonds is 4. The van der Waals surface area contributed by atoms with Crippen molar-refractivity contribution in [1.29, 1.82) is 0 Å². The van der Waals surface area contributed by atoms with E-state index in [9.17, 15) is 14.4 Å². The fourth-order valence-corrected chi connectivity index (χ4v) is 4.21. The van der Waals surface area contributed by atoms with Gasteiger partial charge in [-0.05, 0) is 51.7 Å². The third-order valence-electron chi connectivity index (χ3n) is 5.73. The fourth-order valence-electron chi connectivity index (χ4n) is 4.21. The summed E-state index contributed by atoms with van der Waals surface area (Å²) >= 11 is 0. The number of nitrogens with one attached hydrogen (secondary N) is 2.